The summed E-state index contributed by atoms with van der Waals surface area (Å²) >= 11 is 6.75. The van der Waals surface area contributed by atoms with E-state index in [1.165, 1.54) is 19.1 Å². The highest BCUT2D eigenvalue weighted by Crippen LogP contribution is 2.25. The zero-order chi connectivity index (χ0) is 13.7. The van der Waals surface area contributed by atoms with E-state index < -0.39 is 18.0 Å². The molecule has 1 aromatic rings. The van der Waals surface area contributed by atoms with Crippen molar-refractivity contribution in [2.24, 2.45) is 0 Å². The predicted octanol–water partition coefficient (Wildman–Crippen LogP) is 2.54. The maximum Gasteiger partial charge on any atom is 0.185 e. The third-order valence-electron chi connectivity index (χ3n) is 2.36. The van der Waals surface area contributed by atoms with Gasteiger partial charge in [0.25, 0.3) is 0 Å². The Kier molecular flexibility index (Phi) is 6.08. The Bertz CT molecular complexity index is 428. The Morgan fingerprint density at radius 1 is 1.50 bits per heavy atom. The minimum Gasteiger partial charge on any atom is -0.390 e. The lowest BCUT2D eigenvalue weighted by atomic mass is 10.0. The van der Waals surface area contributed by atoms with Crippen molar-refractivity contribution in [1.82, 2.24) is 0 Å². The molecule has 2 N–H and O–H groups in total. The van der Waals surface area contributed by atoms with Crippen LogP contribution >= 0.6 is 23.4 Å². The van der Waals surface area contributed by atoms with Gasteiger partial charge in [-0.05, 0) is 24.6 Å². The molecule has 2 atom stereocenters. The molecule has 1 aromatic carbocycles. The SMILES string of the molecule is CC(=O)SCCC(O)C(O)c1cc(Cl)ccc1F. The minimum atomic E-state index is -1.35. The average molecular weight is 293 g/mol. The maximum absolute atomic E-state index is 13.4. The second kappa shape index (κ2) is 7.09. The second-order valence-corrected chi connectivity index (χ2v) is 5.52. The summed E-state index contributed by atoms with van der Waals surface area (Å²) in [6.07, 6.45) is -2.29. The Labute approximate surface area is 114 Å². The molecule has 100 valence electrons. The van der Waals surface area contributed by atoms with Gasteiger partial charge >= 0.3 is 0 Å². The van der Waals surface area contributed by atoms with Gasteiger partial charge in [0.2, 0.25) is 0 Å². The topological polar surface area (TPSA) is 57.5 Å². The number of aliphatic hydroxyl groups excluding tert-OH is 2. The molecular formula is C12H14ClFO3S. The van der Waals surface area contributed by atoms with Crippen molar-refractivity contribution in [3.63, 3.8) is 0 Å². The molecule has 0 heterocycles. The molecule has 0 aromatic heterocycles. The van der Waals surface area contributed by atoms with Crippen LogP contribution < -0.4 is 0 Å². The molecule has 0 fully saturated rings. The zero-order valence-corrected chi connectivity index (χ0v) is 11.3. The Morgan fingerprint density at radius 3 is 2.78 bits per heavy atom. The molecule has 1 rings (SSSR count). The summed E-state index contributed by atoms with van der Waals surface area (Å²) in [6.45, 7) is 1.42. The van der Waals surface area contributed by atoms with Crippen molar-refractivity contribution in [2.75, 3.05) is 5.75 Å². The summed E-state index contributed by atoms with van der Waals surface area (Å²) in [7, 11) is 0. The van der Waals surface area contributed by atoms with Crippen LogP contribution in [0, 0.1) is 5.82 Å². The van der Waals surface area contributed by atoms with Gasteiger partial charge in [0.15, 0.2) is 5.12 Å². The average Bonchev–Trinajstić information content (AvgIpc) is 2.30. The van der Waals surface area contributed by atoms with Gasteiger partial charge in [-0.2, -0.15) is 0 Å². The van der Waals surface area contributed by atoms with Crippen LogP contribution in [0.15, 0.2) is 18.2 Å². The van der Waals surface area contributed by atoms with Gasteiger partial charge in [-0.1, -0.05) is 23.4 Å². The van der Waals surface area contributed by atoms with E-state index in [9.17, 15) is 19.4 Å². The molecule has 2 unspecified atom stereocenters. The highest BCUT2D eigenvalue weighted by molar-refractivity contribution is 8.13. The van der Waals surface area contributed by atoms with Crippen LogP contribution in [0.5, 0.6) is 0 Å². The monoisotopic (exact) mass is 292 g/mol. The fourth-order valence-corrected chi connectivity index (χ4v) is 2.26. The van der Waals surface area contributed by atoms with Crippen LogP contribution in [0.1, 0.15) is 25.0 Å². The largest absolute Gasteiger partial charge is 0.390 e. The first-order chi connectivity index (χ1) is 8.41. The molecule has 18 heavy (non-hydrogen) atoms. The van der Waals surface area contributed by atoms with Crippen molar-refractivity contribution in [3.8, 4) is 0 Å². The van der Waals surface area contributed by atoms with E-state index >= 15 is 0 Å². The fourth-order valence-electron chi connectivity index (χ4n) is 1.43. The molecule has 0 amide bonds. The predicted molar refractivity (Wildman–Crippen MR) is 70.1 cm³/mol. The molecule has 0 spiro atoms. The molecule has 0 aliphatic rings. The minimum absolute atomic E-state index is 0.0391. The number of hydrogen-bond acceptors (Lipinski definition) is 4. The van der Waals surface area contributed by atoms with Gasteiger partial charge in [-0.25, -0.2) is 4.39 Å². The summed E-state index contributed by atoms with van der Waals surface area (Å²) in [5.74, 6) is -0.249. The molecule has 0 aliphatic carbocycles. The van der Waals surface area contributed by atoms with E-state index in [1.807, 2.05) is 0 Å². The van der Waals surface area contributed by atoms with Crippen LogP contribution in [-0.4, -0.2) is 27.2 Å². The molecule has 6 heteroatoms. The molecule has 3 nitrogen and oxygen atoms in total. The van der Waals surface area contributed by atoms with Gasteiger partial charge in [0, 0.05) is 23.3 Å². The summed E-state index contributed by atoms with van der Waals surface area (Å²) in [5, 5.41) is 19.8. The highest BCUT2D eigenvalue weighted by atomic mass is 35.5. The summed E-state index contributed by atoms with van der Waals surface area (Å²) in [4.78, 5) is 10.7. The van der Waals surface area contributed by atoms with Crippen molar-refractivity contribution in [2.45, 2.75) is 25.6 Å². The van der Waals surface area contributed by atoms with E-state index in [0.717, 1.165) is 17.8 Å². The summed E-state index contributed by atoms with van der Waals surface area (Å²) in [6, 6.07) is 3.78. The quantitative estimate of drug-likeness (QED) is 0.876. The molecular weight excluding hydrogens is 279 g/mol. The van der Waals surface area contributed by atoms with Gasteiger partial charge < -0.3 is 10.2 Å². The van der Waals surface area contributed by atoms with Crippen LogP contribution in [0.4, 0.5) is 4.39 Å². The van der Waals surface area contributed by atoms with Crippen molar-refractivity contribution < 1.29 is 19.4 Å². The zero-order valence-electron chi connectivity index (χ0n) is 9.77. The van der Waals surface area contributed by atoms with E-state index in [0.29, 0.717) is 5.75 Å². The number of aliphatic hydroxyl groups is 2. The van der Waals surface area contributed by atoms with Crippen LogP contribution in [0.25, 0.3) is 0 Å². The standard InChI is InChI=1S/C12H14ClFO3S/c1-7(15)18-5-4-11(16)12(17)9-6-8(13)2-3-10(9)14/h2-3,6,11-12,16-17H,4-5H2,1H3. The normalized spacial score (nSPS) is 14.3. The number of carbonyl (C=O) groups is 1. The molecule has 0 saturated carbocycles. The first-order valence-corrected chi connectivity index (χ1v) is 6.72. The lowest BCUT2D eigenvalue weighted by molar-refractivity contribution is -0.109. The second-order valence-electron chi connectivity index (χ2n) is 3.81. The number of rotatable bonds is 5. The Hall–Kier alpha value is -0.620. The van der Waals surface area contributed by atoms with E-state index in [-0.39, 0.29) is 22.1 Å². The van der Waals surface area contributed by atoms with Crippen molar-refractivity contribution in [3.05, 3.63) is 34.6 Å². The Balaban J connectivity index is 2.64. The number of thioether (sulfide) groups is 1. The number of hydrogen-bond donors (Lipinski definition) is 2. The molecule has 0 aliphatic heterocycles. The number of halogens is 2. The lowest BCUT2D eigenvalue weighted by Gasteiger charge is -2.18. The summed E-state index contributed by atoms with van der Waals surface area (Å²) < 4.78 is 13.4. The van der Waals surface area contributed by atoms with Crippen molar-refractivity contribution >= 4 is 28.5 Å². The Morgan fingerprint density at radius 2 is 2.17 bits per heavy atom. The number of benzene rings is 1. The van der Waals surface area contributed by atoms with E-state index in [2.05, 4.69) is 0 Å². The fraction of sp³-hybridized carbons (Fsp3) is 0.417. The van der Waals surface area contributed by atoms with Crippen LogP contribution in [0.3, 0.4) is 0 Å². The van der Waals surface area contributed by atoms with Crippen LogP contribution in [0.2, 0.25) is 5.02 Å². The van der Waals surface area contributed by atoms with E-state index in [4.69, 9.17) is 11.6 Å². The first-order valence-electron chi connectivity index (χ1n) is 5.36. The smallest absolute Gasteiger partial charge is 0.185 e. The first kappa shape index (κ1) is 15.4. The van der Waals surface area contributed by atoms with Gasteiger partial charge in [-0.3, -0.25) is 4.79 Å². The third kappa shape index (κ3) is 4.57. The van der Waals surface area contributed by atoms with Crippen molar-refractivity contribution in [1.29, 1.82) is 0 Å². The molecule has 0 bridgehead atoms. The van der Waals surface area contributed by atoms with Gasteiger partial charge in [0.1, 0.15) is 11.9 Å². The van der Waals surface area contributed by atoms with Gasteiger partial charge in [0.05, 0.1) is 6.10 Å². The van der Waals surface area contributed by atoms with Crippen LogP contribution in [-0.2, 0) is 4.79 Å². The van der Waals surface area contributed by atoms with Gasteiger partial charge in [-0.15, -0.1) is 0 Å². The maximum atomic E-state index is 13.4. The lowest BCUT2D eigenvalue weighted by Crippen LogP contribution is -2.20. The molecule has 0 radical (unpaired) electrons. The molecule has 0 saturated heterocycles. The van der Waals surface area contributed by atoms with E-state index in [1.54, 1.807) is 0 Å². The third-order valence-corrected chi connectivity index (χ3v) is 3.44. The summed E-state index contributed by atoms with van der Waals surface area (Å²) in [5.41, 5.74) is -0.0391. The highest BCUT2D eigenvalue weighted by Gasteiger charge is 2.21. The number of carbonyl (C=O) groups excluding carboxylic acids is 1.